The van der Waals surface area contributed by atoms with Gasteiger partial charge in [-0.25, -0.2) is 5.43 Å². The Balaban J connectivity index is 1.78. The van der Waals surface area contributed by atoms with E-state index in [1.807, 2.05) is 43.3 Å². The Morgan fingerprint density at radius 2 is 1.89 bits per heavy atom. The zero-order valence-electron chi connectivity index (χ0n) is 15.3. The van der Waals surface area contributed by atoms with Crippen molar-refractivity contribution in [3.05, 3.63) is 81.9 Å². The monoisotopic (exact) mass is 377 g/mol. The van der Waals surface area contributed by atoms with Gasteiger partial charge in [-0.2, -0.15) is 5.10 Å². The number of hydrogen-bond donors (Lipinski definition) is 1. The van der Waals surface area contributed by atoms with Crippen molar-refractivity contribution >= 4 is 28.6 Å². The van der Waals surface area contributed by atoms with Gasteiger partial charge in [0, 0.05) is 17.2 Å². The Hall–Kier alpha value is -3.74. The zero-order chi connectivity index (χ0) is 19.9. The lowest BCUT2D eigenvalue weighted by Gasteiger charge is -2.10. The standard InChI is InChI=1S/C21H19N3O4/c1-2-28-20-12-11-15-7-3-5-9-17(15)18(20)14-22-23-21(25)13-16-8-4-6-10-19(16)24(26)27/h3-12,14H,2,13H2,1H3,(H,23,25)/b22-14+. The summed E-state index contributed by atoms with van der Waals surface area (Å²) in [5.41, 5.74) is 3.43. The lowest BCUT2D eigenvalue weighted by molar-refractivity contribution is -0.385. The number of hydrogen-bond acceptors (Lipinski definition) is 5. The molecule has 0 aliphatic rings. The molecular formula is C21H19N3O4. The average molecular weight is 377 g/mol. The normalized spacial score (nSPS) is 10.9. The highest BCUT2D eigenvalue weighted by Crippen LogP contribution is 2.26. The molecule has 0 saturated heterocycles. The van der Waals surface area contributed by atoms with Gasteiger partial charge in [-0.05, 0) is 23.8 Å². The molecule has 0 fully saturated rings. The molecule has 7 heteroatoms. The minimum absolute atomic E-state index is 0.0886. The minimum Gasteiger partial charge on any atom is -0.493 e. The Morgan fingerprint density at radius 1 is 1.14 bits per heavy atom. The second kappa shape index (κ2) is 8.77. The second-order valence-corrected chi connectivity index (χ2v) is 5.99. The number of nitrogens with one attached hydrogen (secondary N) is 1. The van der Waals surface area contributed by atoms with Gasteiger partial charge in [-0.3, -0.25) is 14.9 Å². The van der Waals surface area contributed by atoms with Crippen LogP contribution in [0, 0.1) is 10.1 Å². The fourth-order valence-corrected chi connectivity index (χ4v) is 2.91. The Morgan fingerprint density at radius 3 is 2.68 bits per heavy atom. The number of carbonyl (C=O) groups excluding carboxylic acids is 1. The van der Waals surface area contributed by atoms with Crippen LogP contribution in [0.15, 0.2) is 65.8 Å². The predicted molar refractivity (Wildman–Crippen MR) is 108 cm³/mol. The first-order valence-electron chi connectivity index (χ1n) is 8.79. The average Bonchev–Trinajstić information content (AvgIpc) is 2.69. The third kappa shape index (κ3) is 4.32. The van der Waals surface area contributed by atoms with E-state index in [0.717, 1.165) is 16.3 Å². The van der Waals surface area contributed by atoms with E-state index in [-0.39, 0.29) is 12.1 Å². The maximum Gasteiger partial charge on any atom is 0.273 e. The number of ether oxygens (including phenoxy) is 1. The SMILES string of the molecule is CCOc1ccc2ccccc2c1/C=N/NC(=O)Cc1ccccc1[N+](=O)[O-]. The third-order valence-corrected chi connectivity index (χ3v) is 4.15. The fraction of sp³-hybridized carbons (Fsp3) is 0.143. The number of hydrazone groups is 1. The van der Waals surface area contributed by atoms with Crippen molar-refractivity contribution < 1.29 is 14.5 Å². The summed E-state index contributed by atoms with van der Waals surface area (Å²) < 4.78 is 5.66. The minimum atomic E-state index is -0.504. The summed E-state index contributed by atoms with van der Waals surface area (Å²) in [5, 5.41) is 17.1. The van der Waals surface area contributed by atoms with Crippen molar-refractivity contribution in [1.82, 2.24) is 5.43 Å². The highest BCUT2D eigenvalue weighted by Gasteiger charge is 2.15. The van der Waals surface area contributed by atoms with Crippen molar-refractivity contribution in [1.29, 1.82) is 0 Å². The van der Waals surface area contributed by atoms with E-state index >= 15 is 0 Å². The quantitative estimate of drug-likeness (QED) is 0.384. The number of nitro benzene ring substituents is 1. The molecular weight excluding hydrogens is 358 g/mol. The first-order chi connectivity index (χ1) is 13.6. The van der Waals surface area contributed by atoms with Crippen molar-refractivity contribution in [3.63, 3.8) is 0 Å². The van der Waals surface area contributed by atoms with Crippen LogP contribution in [0.3, 0.4) is 0 Å². The number of benzene rings is 3. The highest BCUT2D eigenvalue weighted by molar-refractivity contribution is 6.02. The first-order valence-corrected chi connectivity index (χ1v) is 8.79. The number of fused-ring (bicyclic) bond motifs is 1. The highest BCUT2D eigenvalue weighted by atomic mass is 16.6. The van der Waals surface area contributed by atoms with Gasteiger partial charge >= 0.3 is 0 Å². The summed E-state index contributed by atoms with van der Waals surface area (Å²) in [6, 6.07) is 17.8. The molecule has 3 rings (SSSR count). The molecule has 142 valence electrons. The molecule has 0 atom stereocenters. The summed E-state index contributed by atoms with van der Waals surface area (Å²) in [4.78, 5) is 22.7. The Kier molecular flexibility index (Phi) is 5.96. The number of amides is 1. The molecule has 7 nitrogen and oxygen atoms in total. The zero-order valence-corrected chi connectivity index (χ0v) is 15.3. The van der Waals surface area contributed by atoms with Gasteiger partial charge in [0.15, 0.2) is 0 Å². The lowest BCUT2D eigenvalue weighted by atomic mass is 10.0. The van der Waals surface area contributed by atoms with E-state index in [9.17, 15) is 14.9 Å². The summed E-state index contributed by atoms with van der Waals surface area (Å²) >= 11 is 0. The second-order valence-electron chi connectivity index (χ2n) is 5.99. The van der Waals surface area contributed by atoms with Gasteiger partial charge in [-0.15, -0.1) is 0 Å². The van der Waals surface area contributed by atoms with Crippen LogP contribution in [-0.4, -0.2) is 23.7 Å². The van der Waals surface area contributed by atoms with Crippen molar-refractivity contribution in [2.24, 2.45) is 5.10 Å². The van der Waals surface area contributed by atoms with Crippen LogP contribution in [0.4, 0.5) is 5.69 Å². The number of rotatable bonds is 7. The first kappa shape index (κ1) is 19.0. The molecule has 0 aliphatic heterocycles. The molecule has 3 aromatic rings. The molecule has 0 aliphatic carbocycles. The van der Waals surface area contributed by atoms with Crippen LogP contribution < -0.4 is 10.2 Å². The fourth-order valence-electron chi connectivity index (χ4n) is 2.91. The van der Waals surface area contributed by atoms with E-state index in [1.165, 1.54) is 12.3 Å². The molecule has 0 radical (unpaired) electrons. The lowest BCUT2D eigenvalue weighted by Crippen LogP contribution is -2.20. The third-order valence-electron chi connectivity index (χ3n) is 4.15. The molecule has 0 saturated carbocycles. The van der Waals surface area contributed by atoms with Crippen molar-refractivity contribution in [2.75, 3.05) is 6.61 Å². The predicted octanol–water partition coefficient (Wildman–Crippen LogP) is 3.84. The molecule has 0 aromatic heterocycles. The van der Waals surface area contributed by atoms with Crippen LogP contribution in [-0.2, 0) is 11.2 Å². The number of carbonyl (C=O) groups is 1. The summed E-state index contributed by atoms with van der Waals surface area (Å²) in [6.45, 7) is 2.40. The molecule has 0 unspecified atom stereocenters. The van der Waals surface area contributed by atoms with Gasteiger partial charge < -0.3 is 4.74 Å². The van der Waals surface area contributed by atoms with Crippen LogP contribution >= 0.6 is 0 Å². The number of nitrogens with zero attached hydrogens (tertiary/aromatic N) is 2. The topological polar surface area (TPSA) is 93.8 Å². The van der Waals surface area contributed by atoms with Crippen LogP contribution in [0.1, 0.15) is 18.1 Å². The van der Waals surface area contributed by atoms with Gasteiger partial charge in [-0.1, -0.05) is 48.5 Å². The maximum atomic E-state index is 12.2. The summed E-state index contributed by atoms with van der Waals surface area (Å²) in [6.07, 6.45) is 1.40. The van der Waals surface area contributed by atoms with Crippen LogP contribution in [0.5, 0.6) is 5.75 Å². The summed E-state index contributed by atoms with van der Waals surface area (Å²) in [5.74, 6) is 0.224. The van der Waals surface area contributed by atoms with E-state index in [0.29, 0.717) is 17.9 Å². The van der Waals surface area contributed by atoms with Gasteiger partial charge in [0.25, 0.3) is 5.69 Å². The number of nitro groups is 1. The van der Waals surface area contributed by atoms with Gasteiger partial charge in [0.2, 0.25) is 5.91 Å². The number of para-hydroxylation sites is 1. The van der Waals surface area contributed by atoms with E-state index in [2.05, 4.69) is 10.5 Å². The van der Waals surface area contributed by atoms with Gasteiger partial charge in [0.05, 0.1) is 24.2 Å². The van der Waals surface area contributed by atoms with E-state index in [1.54, 1.807) is 18.2 Å². The van der Waals surface area contributed by atoms with Gasteiger partial charge in [0.1, 0.15) is 5.75 Å². The van der Waals surface area contributed by atoms with E-state index in [4.69, 9.17) is 4.74 Å². The molecule has 3 aromatic carbocycles. The Bertz CT molecular complexity index is 1050. The molecule has 28 heavy (non-hydrogen) atoms. The Labute approximate surface area is 161 Å². The molecule has 1 amide bonds. The molecule has 0 heterocycles. The molecule has 1 N–H and O–H groups in total. The van der Waals surface area contributed by atoms with E-state index < -0.39 is 10.8 Å². The summed E-state index contributed by atoms with van der Waals surface area (Å²) in [7, 11) is 0. The van der Waals surface area contributed by atoms with Crippen molar-refractivity contribution in [3.8, 4) is 5.75 Å². The van der Waals surface area contributed by atoms with Crippen molar-refractivity contribution in [2.45, 2.75) is 13.3 Å². The van der Waals surface area contributed by atoms with Crippen LogP contribution in [0.2, 0.25) is 0 Å². The molecule has 0 bridgehead atoms. The van der Waals surface area contributed by atoms with Crippen LogP contribution in [0.25, 0.3) is 10.8 Å². The molecule has 0 spiro atoms. The largest absolute Gasteiger partial charge is 0.493 e. The maximum absolute atomic E-state index is 12.2. The smallest absolute Gasteiger partial charge is 0.273 e.